The smallest absolute Gasteiger partial charge is 0.213 e. The monoisotopic (exact) mass is 716 g/mol. The van der Waals surface area contributed by atoms with E-state index in [2.05, 4.69) is 138 Å². The molecule has 0 saturated heterocycles. The summed E-state index contributed by atoms with van der Waals surface area (Å²) in [6, 6.07) is 67.1. The zero-order chi connectivity index (χ0) is 37.0. The van der Waals surface area contributed by atoms with Crippen molar-refractivity contribution in [2.24, 2.45) is 0 Å². The maximum Gasteiger partial charge on any atom is 0.213 e. The van der Waals surface area contributed by atoms with E-state index in [1.54, 1.807) is 0 Å². The van der Waals surface area contributed by atoms with Crippen molar-refractivity contribution in [1.29, 1.82) is 0 Å². The lowest BCUT2D eigenvalue weighted by Gasteiger charge is -2.11. The molecule has 0 spiro atoms. The third-order valence-corrected chi connectivity index (χ3v) is 10.6. The van der Waals surface area contributed by atoms with Crippen molar-refractivity contribution >= 4 is 43.9 Å². The van der Waals surface area contributed by atoms with Gasteiger partial charge in [-0.2, -0.15) is 0 Å². The van der Waals surface area contributed by atoms with Gasteiger partial charge in [0.25, 0.3) is 0 Å². The second kappa shape index (κ2) is 13.0. The first kappa shape index (κ1) is 31.9. The Labute approximate surface area is 322 Å². The van der Waals surface area contributed by atoms with Crippen molar-refractivity contribution in [1.82, 2.24) is 19.5 Å². The van der Waals surface area contributed by atoms with Gasteiger partial charge in [0, 0.05) is 44.1 Å². The summed E-state index contributed by atoms with van der Waals surface area (Å²) in [7, 11) is 0. The van der Waals surface area contributed by atoms with Crippen LogP contribution in [0.5, 0.6) is 0 Å². The summed E-state index contributed by atoms with van der Waals surface area (Å²) < 4.78 is 9.24. The van der Waals surface area contributed by atoms with Crippen LogP contribution in [-0.2, 0) is 0 Å². The van der Waals surface area contributed by atoms with Crippen molar-refractivity contribution in [3.8, 4) is 62.0 Å². The normalized spacial score (nSPS) is 11.6. The number of nitrogens with zero attached hydrogens (tertiary/aromatic N) is 4. The number of para-hydroxylation sites is 2. The maximum absolute atomic E-state index is 7.00. The molecule has 5 nitrogen and oxygen atoms in total. The van der Waals surface area contributed by atoms with E-state index in [1.807, 2.05) is 60.7 Å². The number of fused-ring (bicyclic) bond motifs is 7. The van der Waals surface area contributed by atoms with Crippen LogP contribution in [0.25, 0.3) is 106 Å². The van der Waals surface area contributed by atoms with Gasteiger partial charge in [-0.3, -0.25) is 4.57 Å². The maximum atomic E-state index is 7.00. The standard InChI is InChI=1S/C51H32N4O/c1-5-15-34(16-6-1)43-32-44(54-50(53-43)37-19-9-3-10-20-37)35-27-25-33(26-28-35)38-29-30-45-41(31-38)47-46-40-23-13-14-24-42(40)52-48(36-17-7-2-8-18-36)49(46)56-51(47)55(45)39-21-11-4-12-22-39/h1-32H. The number of pyridine rings is 1. The lowest BCUT2D eigenvalue weighted by atomic mass is 9.99. The largest absolute Gasteiger partial charge is 0.437 e. The molecule has 0 saturated carbocycles. The third-order valence-electron chi connectivity index (χ3n) is 10.6. The van der Waals surface area contributed by atoms with Crippen molar-refractivity contribution < 1.29 is 4.42 Å². The van der Waals surface area contributed by atoms with Crippen LogP contribution in [-0.4, -0.2) is 19.5 Å². The highest BCUT2D eigenvalue weighted by atomic mass is 16.3. The highest BCUT2D eigenvalue weighted by Crippen LogP contribution is 2.45. The van der Waals surface area contributed by atoms with Gasteiger partial charge in [-0.25, -0.2) is 15.0 Å². The lowest BCUT2D eigenvalue weighted by Crippen LogP contribution is -1.95. The molecule has 0 aliphatic rings. The van der Waals surface area contributed by atoms with Crippen LogP contribution in [0.4, 0.5) is 0 Å². The van der Waals surface area contributed by atoms with Crippen LogP contribution >= 0.6 is 0 Å². The fraction of sp³-hybridized carbons (Fsp3) is 0. The van der Waals surface area contributed by atoms with Gasteiger partial charge in [0.05, 0.1) is 27.8 Å². The number of rotatable bonds is 6. The van der Waals surface area contributed by atoms with Crippen molar-refractivity contribution in [3.05, 3.63) is 194 Å². The highest BCUT2D eigenvalue weighted by Gasteiger charge is 2.24. The van der Waals surface area contributed by atoms with Crippen LogP contribution < -0.4 is 0 Å². The van der Waals surface area contributed by atoms with Gasteiger partial charge in [0.2, 0.25) is 5.71 Å². The molecule has 11 aromatic rings. The predicted octanol–water partition coefficient (Wildman–Crippen LogP) is 13.2. The van der Waals surface area contributed by atoms with Gasteiger partial charge in [0.1, 0.15) is 5.69 Å². The molecule has 5 heteroatoms. The molecule has 0 radical (unpaired) electrons. The summed E-state index contributed by atoms with van der Waals surface area (Å²) in [6.07, 6.45) is 0. The molecular weight excluding hydrogens is 685 g/mol. The molecule has 4 aromatic heterocycles. The quantitative estimate of drug-likeness (QED) is 0.172. The number of benzene rings is 7. The Bertz CT molecular complexity index is 3150. The summed E-state index contributed by atoms with van der Waals surface area (Å²) in [5.74, 6) is 0.703. The Morgan fingerprint density at radius 1 is 0.393 bits per heavy atom. The Morgan fingerprint density at radius 3 is 1.64 bits per heavy atom. The van der Waals surface area contributed by atoms with Crippen LogP contribution in [0, 0.1) is 0 Å². The first-order chi connectivity index (χ1) is 27.8. The summed E-state index contributed by atoms with van der Waals surface area (Å²) >= 11 is 0. The molecule has 0 amide bonds. The summed E-state index contributed by atoms with van der Waals surface area (Å²) in [4.78, 5) is 15.2. The van der Waals surface area contributed by atoms with E-state index in [9.17, 15) is 0 Å². The third kappa shape index (κ3) is 5.29. The molecule has 0 unspecified atom stereocenters. The highest BCUT2D eigenvalue weighted by molar-refractivity contribution is 6.28. The van der Waals surface area contributed by atoms with Crippen molar-refractivity contribution in [2.45, 2.75) is 0 Å². The van der Waals surface area contributed by atoms with Crippen LogP contribution in [0.2, 0.25) is 0 Å². The van der Waals surface area contributed by atoms with Crippen molar-refractivity contribution in [2.75, 3.05) is 0 Å². The summed E-state index contributed by atoms with van der Waals surface area (Å²) in [6.45, 7) is 0. The van der Waals surface area contributed by atoms with E-state index in [4.69, 9.17) is 19.4 Å². The van der Waals surface area contributed by atoms with Gasteiger partial charge >= 0.3 is 0 Å². The lowest BCUT2D eigenvalue weighted by molar-refractivity contribution is 0.645. The number of furan rings is 1. The average Bonchev–Trinajstić information content (AvgIpc) is 3.82. The van der Waals surface area contributed by atoms with Gasteiger partial charge in [-0.15, -0.1) is 0 Å². The molecular formula is C51H32N4O. The minimum absolute atomic E-state index is 0.703. The second-order valence-electron chi connectivity index (χ2n) is 14.0. The van der Waals surface area contributed by atoms with E-state index in [0.717, 1.165) is 100 Å². The van der Waals surface area contributed by atoms with Crippen LogP contribution in [0.3, 0.4) is 0 Å². The molecule has 262 valence electrons. The van der Waals surface area contributed by atoms with E-state index < -0.39 is 0 Å². The Hall–Kier alpha value is -7.63. The Morgan fingerprint density at radius 2 is 0.946 bits per heavy atom. The molecule has 4 heterocycles. The zero-order valence-corrected chi connectivity index (χ0v) is 30.2. The molecule has 56 heavy (non-hydrogen) atoms. The topological polar surface area (TPSA) is 56.7 Å². The summed E-state index contributed by atoms with van der Waals surface area (Å²) in [5, 5.41) is 4.34. The number of hydrogen-bond donors (Lipinski definition) is 0. The molecule has 0 N–H and O–H groups in total. The van der Waals surface area contributed by atoms with E-state index in [0.29, 0.717) is 5.82 Å². The Balaban J connectivity index is 1.10. The first-order valence-corrected chi connectivity index (χ1v) is 18.8. The van der Waals surface area contributed by atoms with Gasteiger partial charge in [-0.05, 0) is 47.5 Å². The molecule has 0 atom stereocenters. The van der Waals surface area contributed by atoms with Crippen LogP contribution in [0.15, 0.2) is 199 Å². The van der Waals surface area contributed by atoms with Crippen LogP contribution in [0.1, 0.15) is 0 Å². The van der Waals surface area contributed by atoms with E-state index in [-0.39, 0.29) is 0 Å². The van der Waals surface area contributed by atoms with E-state index in [1.165, 1.54) is 0 Å². The average molecular weight is 717 g/mol. The Kier molecular flexibility index (Phi) is 7.42. The number of aromatic nitrogens is 4. The van der Waals surface area contributed by atoms with E-state index >= 15 is 0 Å². The fourth-order valence-corrected chi connectivity index (χ4v) is 7.95. The minimum Gasteiger partial charge on any atom is -0.437 e. The minimum atomic E-state index is 0.703. The molecule has 11 rings (SSSR count). The predicted molar refractivity (Wildman–Crippen MR) is 229 cm³/mol. The van der Waals surface area contributed by atoms with Gasteiger partial charge < -0.3 is 4.42 Å². The fourth-order valence-electron chi connectivity index (χ4n) is 7.95. The second-order valence-corrected chi connectivity index (χ2v) is 14.0. The molecule has 0 aliphatic heterocycles. The van der Waals surface area contributed by atoms with Gasteiger partial charge in [-0.1, -0.05) is 158 Å². The van der Waals surface area contributed by atoms with Gasteiger partial charge in [0.15, 0.2) is 11.4 Å². The zero-order valence-electron chi connectivity index (χ0n) is 30.2. The summed E-state index contributed by atoms with van der Waals surface area (Å²) in [5.41, 5.74) is 13.6. The molecule has 0 fully saturated rings. The molecule has 7 aromatic carbocycles. The SMILES string of the molecule is c1ccc(-c2cc(-c3ccc(-c4ccc5c(c4)c4c6c(oc4n5-c4ccccc4)c(-c4ccccc4)nc4ccccc46)cc3)nc(-c3ccccc3)n2)cc1. The molecule has 0 bridgehead atoms. The van der Waals surface area contributed by atoms with Crippen molar-refractivity contribution in [3.63, 3.8) is 0 Å². The molecule has 0 aliphatic carbocycles. The number of hydrogen-bond acceptors (Lipinski definition) is 4. The first-order valence-electron chi connectivity index (χ1n) is 18.8.